The van der Waals surface area contributed by atoms with Crippen LogP contribution in [0.25, 0.3) is 0 Å². The van der Waals surface area contributed by atoms with Gasteiger partial charge in [0.15, 0.2) is 0 Å². The third kappa shape index (κ3) is 3.28. The fourth-order valence-electron chi connectivity index (χ4n) is 2.03. The highest BCUT2D eigenvalue weighted by molar-refractivity contribution is 9.09. The van der Waals surface area contributed by atoms with Crippen molar-refractivity contribution in [1.82, 2.24) is 0 Å². The van der Waals surface area contributed by atoms with Crippen LogP contribution in [0.15, 0.2) is 42.5 Å². The highest BCUT2D eigenvalue weighted by Gasteiger charge is 2.11. The van der Waals surface area contributed by atoms with Gasteiger partial charge < -0.3 is 5.32 Å². The van der Waals surface area contributed by atoms with Gasteiger partial charge >= 0.3 is 0 Å². The van der Waals surface area contributed by atoms with E-state index >= 15 is 0 Å². The van der Waals surface area contributed by atoms with Crippen LogP contribution in [0.3, 0.4) is 0 Å². The molecule has 0 saturated carbocycles. The number of para-hydroxylation sites is 1. The average molecular weight is 332 g/mol. The van der Waals surface area contributed by atoms with E-state index < -0.39 is 0 Å². The van der Waals surface area contributed by atoms with Gasteiger partial charge in [-0.1, -0.05) is 40.2 Å². The number of anilines is 1. The largest absolute Gasteiger partial charge is 0.322 e. The van der Waals surface area contributed by atoms with Gasteiger partial charge in [-0.3, -0.25) is 4.79 Å². The zero-order chi connectivity index (χ0) is 14.7. The van der Waals surface area contributed by atoms with Crippen LogP contribution in [0.2, 0.25) is 0 Å². The van der Waals surface area contributed by atoms with Gasteiger partial charge in [0.2, 0.25) is 0 Å². The molecule has 2 aromatic rings. The van der Waals surface area contributed by atoms with Crippen LogP contribution in [0.5, 0.6) is 0 Å². The third-order valence-corrected chi connectivity index (χ3v) is 3.90. The van der Waals surface area contributed by atoms with Crippen molar-refractivity contribution in [1.29, 1.82) is 0 Å². The molecule has 0 saturated heterocycles. The summed E-state index contributed by atoms with van der Waals surface area (Å²) in [6.07, 6.45) is 0. The van der Waals surface area contributed by atoms with Crippen LogP contribution in [-0.4, -0.2) is 5.91 Å². The van der Waals surface area contributed by atoms with E-state index in [4.69, 9.17) is 0 Å². The molecule has 0 radical (unpaired) electrons. The lowest BCUT2D eigenvalue weighted by molar-refractivity contribution is 0.102. The van der Waals surface area contributed by atoms with Crippen molar-refractivity contribution in [2.45, 2.75) is 25.6 Å². The van der Waals surface area contributed by atoms with E-state index in [-0.39, 0.29) is 10.7 Å². The van der Waals surface area contributed by atoms with Gasteiger partial charge in [-0.2, -0.15) is 0 Å². The molecule has 1 amide bonds. The first-order chi connectivity index (χ1) is 9.49. The van der Waals surface area contributed by atoms with Crippen molar-refractivity contribution in [3.05, 3.63) is 64.7 Å². The zero-order valence-electron chi connectivity index (χ0n) is 11.9. The normalized spacial score (nSPS) is 12.0. The van der Waals surface area contributed by atoms with Gasteiger partial charge in [0.1, 0.15) is 0 Å². The molecule has 20 heavy (non-hydrogen) atoms. The number of hydrogen-bond acceptors (Lipinski definition) is 1. The maximum Gasteiger partial charge on any atom is 0.255 e. The number of benzene rings is 2. The Morgan fingerprint density at radius 2 is 1.80 bits per heavy atom. The quantitative estimate of drug-likeness (QED) is 0.787. The summed E-state index contributed by atoms with van der Waals surface area (Å²) in [7, 11) is 0. The van der Waals surface area contributed by atoms with E-state index in [0.717, 1.165) is 16.8 Å². The molecule has 0 aliphatic carbocycles. The fourth-order valence-corrected chi connectivity index (χ4v) is 2.43. The van der Waals surface area contributed by atoms with Gasteiger partial charge in [-0.05, 0) is 55.7 Å². The van der Waals surface area contributed by atoms with Gasteiger partial charge in [0.25, 0.3) is 5.91 Å². The SMILES string of the molecule is Cc1ccc(C(=O)Nc2ccccc2C(C)Br)cc1C. The summed E-state index contributed by atoms with van der Waals surface area (Å²) in [4.78, 5) is 12.5. The predicted molar refractivity (Wildman–Crippen MR) is 87.7 cm³/mol. The second-order valence-electron chi connectivity index (χ2n) is 4.96. The van der Waals surface area contributed by atoms with Crippen LogP contribution in [-0.2, 0) is 0 Å². The summed E-state index contributed by atoms with van der Waals surface area (Å²) in [5, 5.41) is 2.99. The van der Waals surface area contributed by atoms with Gasteiger partial charge in [-0.15, -0.1) is 0 Å². The molecular formula is C17H18BrNO. The minimum atomic E-state index is -0.0753. The number of carbonyl (C=O) groups excluding carboxylic acids is 1. The number of amides is 1. The molecular weight excluding hydrogens is 314 g/mol. The number of rotatable bonds is 3. The standard InChI is InChI=1S/C17H18BrNO/c1-11-8-9-14(10-12(11)2)17(20)19-16-7-5-4-6-15(16)13(3)18/h4-10,13H,1-3H3,(H,19,20). The van der Waals surface area contributed by atoms with E-state index in [2.05, 4.69) is 21.2 Å². The number of nitrogens with one attached hydrogen (secondary N) is 1. The van der Waals surface area contributed by atoms with E-state index in [0.29, 0.717) is 5.56 Å². The fraction of sp³-hybridized carbons (Fsp3) is 0.235. The number of carbonyl (C=O) groups is 1. The highest BCUT2D eigenvalue weighted by Crippen LogP contribution is 2.29. The van der Waals surface area contributed by atoms with Crippen LogP contribution in [0, 0.1) is 13.8 Å². The monoisotopic (exact) mass is 331 g/mol. The van der Waals surface area contributed by atoms with Crippen molar-refractivity contribution in [3.63, 3.8) is 0 Å². The summed E-state index contributed by atoms with van der Waals surface area (Å²) in [5.74, 6) is -0.0753. The second-order valence-corrected chi connectivity index (χ2v) is 6.33. The van der Waals surface area contributed by atoms with Crippen molar-refractivity contribution in [2.24, 2.45) is 0 Å². The Kier molecular flexibility index (Phi) is 4.61. The summed E-state index contributed by atoms with van der Waals surface area (Å²) in [6, 6.07) is 13.6. The first kappa shape index (κ1) is 14.8. The predicted octanol–water partition coefficient (Wildman–Crippen LogP) is 5.01. The molecule has 2 aromatic carbocycles. The first-order valence-corrected chi connectivity index (χ1v) is 7.52. The summed E-state index contributed by atoms with van der Waals surface area (Å²) in [5.41, 5.74) is 4.92. The first-order valence-electron chi connectivity index (χ1n) is 6.60. The highest BCUT2D eigenvalue weighted by atomic mass is 79.9. The number of hydrogen-bond donors (Lipinski definition) is 1. The summed E-state index contributed by atoms with van der Waals surface area (Å²) >= 11 is 3.55. The smallest absolute Gasteiger partial charge is 0.255 e. The van der Waals surface area contributed by atoms with E-state index in [9.17, 15) is 4.79 Å². The number of aryl methyl sites for hydroxylation is 2. The molecule has 0 aromatic heterocycles. The number of halogens is 1. The lowest BCUT2D eigenvalue weighted by atomic mass is 10.1. The topological polar surface area (TPSA) is 29.1 Å². The molecule has 2 rings (SSSR count). The zero-order valence-corrected chi connectivity index (χ0v) is 13.5. The van der Waals surface area contributed by atoms with Crippen molar-refractivity contribution < 1.29 is 4.79 Å². The van der Waals surface area contributed by atoms with Crippen LogP contribution in [0.1, 0.15) is 38.8 Å². The van der Waals surface area contributed by atoms with Crippen molar-refractivity contribution in [2.75, 3.05) is 5.32 Å². The van der Waals surface area contributed by atoms with Crippen molar-refractivity contribution >= 4 is 27.5 Å². The van der Waals surface area contributed by atoms with Crippen molar-refractivity contribution in [3.8, 4) is 0 Å². The van der Waals surface area contributed by atoms with Gasteiger partial charge in [-0.25, -0.2) is 0 Å². The molecule has 1 atom stereocenters. The Morgan fingerprint density at radius 1 is 1.10 bits per heavy atom. The molecule has 0 aliphatic rings. The van der Waals surface area contributed by atoms with Gasteiger partial charge in [0, 0.05) is 16.1 Å². The summed E-state index contributed by atoms with van der Waals surface area (Å²) in [6.45, 7) is 6.10. The van der Waals surface area contributed by atoms with E-state index in [1.807, 2.05) is 63.2 Å². The second kappa shape index (κ2) is 6.23. The Bertz CT molecular complexity index is 635. The molecule has 2 nitrogen and oxygen atoms in total. The minimum absolute atomic E-state index is 0.0753. The lowest BCUT2D eigenvalue weighted by Crippen LogP contribution is -2.13. The van der Waals surface area contributed by atoms with Crippen LogP contribution >= 0.6 is 15.9 Å². The maximum absolute atomic E-state index is 12.3. The van der Waals surface area contributed by atoms with E-state index in [1.54, 1.807) is 0 Å². The molecule has 1 unspecified atom stereocenters. The molecule has 1 N–H and O–H groups in total. The molecule has 0 fully saturated rings. The molecule has 0 spiro atoms. The molecule has 104 valence electrons. The Balaban J connectivity index is 2.26. The van der Waals surface area contributed by atoms with Gasteiger partial charge in [0.05, 0.1) is 0 Å². The maximum atomic E-state index is 12.3. The molecule has 0 heterocycles. The van der Waals surface area contributed by atoms with E-state index in [1.165, 1.54) is 5.56 Å². The number of alkyl halides is 1. The minimum Gasteiger partial charge on any atom is -0.322 e. The lowest BCUT2D eigenvalue weighted by Gasteiger charge is -2.13. The Morgan fingerprint density at radius 3 is 2.45 bits per heavy atom. The summed E-state index contributed by atoms with van der Waals surface area (Å²) < 4.78 is 0. The molecule has 0 aliphatic heterocycles. The Labute approximate surface area is 128 Å². The van der Waals surface area contributed by atoms with Crippen LogP contribution in [0.4, 0.5) is 5.69 Å². The average Bonchev–Trinajstić information content (AvgIpc) is 2.42. The molecule has 3 heteroatoms. The van der Waals surface area contributed by atoms with Crippen LogP contribution < -0.4 is 5.32 Å². The third-order valence-electron chi connectivity index (χ3n) is 3.41. The molecule has 0 bridgehead atoms. The Hall–Kier alpha value is -1.61.